The molecule has 1 fully saturated rings. The number of nitrogens with zero attached hydrogens (tertiary/aromatic N) is 2. The molecule has 1 aliphatic rings. The second-order valence-corrected chi connectivity index (χ2v) is 6.78. The maximum absolute atomic E-state index is 12.7. The van der Waals surface area contributed by atoms with Crippen LogP contribution in [-0.4, -0.2) is 41.9 Å². The van der Waals surface area contributed by atoms with E-state index in [1.165, 1.54) is 4.90 Å². The molecule has 0 unspecified atom stereocenters. The van der Waals surface area contributed by atoms with Crippen molar-refractivity contribution in [1.29, 1.82) is 5.26 Å². The highest BCUT2D eigenvalue weighted by molar-refractivity contribution is 5.99. The predicted octanol–water partition coefficient (Wildman–Crippen LogP) is 2.25. The molecule has 7 nitrogen and oxygen atoms in total. The Morgan fingerprint density at radius 2 is 1.76 bits per heavy atom. The summed E-state index contributed by atoms with van der Waals surface area (Å²) in [5, 5.41) is 9.35. The molecule has 0 radical (unpaired) electrons. The van der Waals surface area contributed by atoms with Crippen molar-refractivity contribution >= 4 is 17.8 Å². The molecule has 0 aliphatic carbocycles. The third-order valence-electron chi connectivity index (χ3n) is 4.96. The molecular weight excluding hydrogens is 370 g/mol. The molecule has 2 aromatic rings. The minimum atomic E-state index is -0.672. The van der Waals surface area contributed by atoms with Crippen LogP contribution in [0.15, 0.2) is 48.5 Å². The third kappa shape index (κ3) is 4.43. The predicted molar refractivity (Wildman–Crippen MR) is 105 cm³/mol. The second-order valence-electron chi connectivity index (χ2n) is 6.78. The number of esters is 1. The Balaban J connectivity index is 1.76. The van der Waals surface area contributed by atoms with Crippen LogP contribution in [0, 0.1) is 11.3 Å². The number of likely N-dealkylation sites (tertiary alicyclic amines) is 1. The van der Waals surface area contributed by atoms with E-state index in [-0.39, 0.29) is 5.56 Å². The number of rotatable bonds is 5. The van der Waals surface area contributed by atoms with Crippen molar-refractivity contribution < 1.29 is 19.1 Å². The lowest BCUT2D eigenvalue weighted by atomic mass is 9.96. The van der Waals surface area contributed by atoms with E-state index in [0.29, 0.717) is 29.7 Å². The molecule has 0 aromatic heterocycles. The molecule has 0 bridgehead atoms. The van der Waals surface area contributed by atoms with Crippen LogP contribution < -0.4 is 5.73 Å². The minimum Gasteiger partial charge on any atom is -0.452 e. The molecular formula is C22H21N3O4. The average Bonchev–Trinajstić information content (AvgIpc) is 2.77. The fourth-order valence-corrected chi connectivity index (χ4v) is 3.53. The average molecular weight is 391 g/mol. The second kappa shape index (κ2) is 9.02. The van der Waals surface area contributed by atoms with Gasteiger partial charge in [0.05, 0.1) is 17.2 Å². The van der Waals surface area contributed by atoms with Crippen LogP contribution in [0.4, 0.5) is 0 Å². The lowest BCUT2D eigenvalue weighted by molar-refractivity contribution is -0.143. The zero-order valence-electron chi connectivity index (χ0n) is 15.8. The minimum absolute atomic E-state index is 0.257. The number of benzene rings is 2. The van der Waals surface area contributed by atoms with E-state index in [0.717, 1.165) is 12.8 Å². The topological polar surface area (TPSA) is 113 Å². The number of piperidine rings is 1. The number of carbonyl (C=O) groups is 3. The van der Waals surface area contributed by atoms with E-state index in [9.17, 15) is 19.6 Å². The SMILES string of the molecule is N#Cc1ccccc1-c1ccccc1C(=O)OCC(=O)N1CCCC[C@@H]1C(N)=O. The first-order valence-corrected chi connectivity index (χ1v) is 9.37. The van der Waals surface area contributed by atoms with Gasteiger partial charge in [-0.2, -0.15) is 5.26 Å². The Morgan fingerprint density at radius 3 is 2.48 bits per heavy atom. The van der Waals surface area contributed by atoms with Crippen LogP contribution in [-0.2, 0) is 14.3 Å². The van der Waals surface area contributed by atoms with Crippen molar-refractivity contribution in [3.63, 3.8) is 0 Å². The highest BCUT2D eigenvalue weighted by Crippen LogP contribution is 2.27. The van der Waals surface area contributed by atoms with E-state index in [4.69, 9.17) is 10.5 Å². The molecule has 1 atom stereocenters. The first-order valence-electron chi connectivity index (χ1n) is 9.37. The summed E-state index contributed by atoms with van der Waals surface area (Å²) in [6, 6.07) is 15.2. The van der Waals surface area contributed by atoms with Gasteiger partial charge in [-0.15, -0.1) is 0 Å². The summed E-state index contributed by atoms with van der Waals surface area (Å²) < 4.78 is 5.24. The number of amides is 2. The summed E-state index contributed by atoms with van der Waals surface area (Å²) in [4.78, 5) is 38.1. The van der Waals surface area contributed by atoms with E-state index < -0.39 is 30.4 Å². The third-order valence-corrected chi connectivity index (χ3v) is 4.96. The van der Waals surface area contributed by atoms with Crippen molar-refractivity contribution in [2.24, 2.45) is 5.73 Å². The van der Waals surface area contributed by atoms with Gasteiger partial charge < -0.3 is 15.4 Å². The fraction of sp³-hybridized carbons (Fsp3) is 0.273. The number of carbonyl (C=O) groups excluding carboxylic acids is 3. The molecule has 2 N–H and O–H groups in total. The van der Waals surface area contributed by atoms with E-state index in [1.54, 1.807) is 48.5 Å². The van der Waals surface area contributed by atoms with Crippen molar-refractivity contribution in [3.05, 3.63) is 59.7 Å². The zero-order valence-corrected chi connectivity index (χ0v) is 15.8. The largest absolute Gasteiger partial charge is 0.452 e. The summed E-state index contributed by atoms with van der Waals surface area (Å²) in [7, 11) is 0. The highest BCUT2D eigenvalue weighted by Gasteiger charge is 2.31. The standard InChI is InChI=1S/C22H21N3O4/c23-13-15-7-1-2-8-16(15)17-9-3-4-10-18(17)22(28)29-14-20(26)25-12-6-5-11-19(25)21(24)27/h1-4,7-10,19H,5-6,11-12,14H2,(H2,24,27)/t19-/m1/s1. The van der Waals surface area contributed by atoms with Crippen LogP contribution in [0.5, 0.6) is 0 Å². The molecule has 0 saturated carbocycles. The van der Waals surface area contributed by atoms with Gasteiger partial charge in [-0.25, -0.2) is 4.79 Å². The lowest BCUT2D eigenvalue weighted by Crippen LogP contribution is -2.51. The van der Waals surface area contributed by atoms with Gasteiger partial charge in [0.15, 0.2) is 6.61 Å². The number of hydrogen-bond acceptors (Lipinski definition) is 5. The van der Waals surface area contributed by atoms with E-state index >= 15 is 0 Å². The summed E-state index contributed by atoms with van der Waals surface area (Å²) in [6.45, 7) is -0.0625. The van der Waals surface area contributed by atoms with Crippen LogP contribution >= 0.6 is 0 Å². The Kier molecular flexibility index (Phi) is 6.25. The van der Waals surface area contributed by atoms with Crippen LogP contribution in [0.3, 0.4) is 0 Å². The monoisotopic (exact) mass is 391 g/mol. The molecule has 1 saturated heterocycles. The number of nitrogens with two attached hydrogens (primary N) is 1. The highest BCUT2D eigenvalue weighted by atomic mass is 16.5. The fourth-order valence-electron chi connectivity index (χ4n) is 3.53. The summed E-state index contributed by atoms with van der Waals surface area (Å²) >= 11 is 0. The Labute approximate surface area is 168 Å². The molecule has 2 amide bonds. The van der Waals surface area contributed by atoms with Gasteiger partial charge in [-0.05, 0) is 37.0 Å². The summed E-state index contributed by atoms with van der Waals surface area (Å²) in [6.07, 6.45) is 2.11. The van der Waals surface area contributed by atoms with Gasteiger partial charge in [-0.1, -0.05) is 36.4 Å². The van der Waals surface area contributed by atoms with E-state index in [1.807, 2.05) is 0 Å². The smallest absolute Gasteiger partial charge is 0.339 e. The Morgan fingerprint density at radius 1 is 1.07 bits per heavy atom. The van der Waals surface area contributed by atoms with Crippen molar-refractivity contribution in [2.45, 2.75) is 25.3 Å². The lowest BCUT2D eigenvalue weighted by Gasteiger charge is -2.33. The first kappa shape index (κ1) is 20.1. The van der Waals surface area contributed by atoms with Crippen molar-refractivity contribution in [1.82, 2.24) is 4.90 Å². The van der Waals surface area contributed by atoms with Gasteiger partial charge in [0.25, 0.3) is 5.91 Å². The molecule has 1 aliphatic heterocycles. The quantitative estimate of drug-likeness (QED) is 0.785. The zero-order chi connectivity index (χ0) is 20.8. The van der Waals surface area contributed by atoms with Crippen LogP contribution in [0.2, 0.25) is 0 Å². The molecule has 7 heteroatoms. The summed E-state index contributed by atoms with van der Waals surface area (Å²) in [5.74, 6) is -1.67. The number of nitriles is 1. The van der Waals surface area contributed by atoms with Gasteiger partial charge in [-0.3, -0.25) is 9.59 Å². The first-order chi connectivity index (χ1) is 14.0. The molecule has 0 spiro atoms. The van der Waals surface area contributed by atoms with Crippen molar-refractivity contribution in [2.75, 3.05) is 13.2 Å². The number of hydrogen-bond donors (Lipinski definition) is 1. The summed E-state index contributed by atoms with van der Waals surface area (Å²) in [5.41, 5.74) is 7.24. The maximum atomic E-state index is 12.7. The normalized spacial score (nSPS) is 16.0. The molecule has 2 aromatic carbocycles. The Bertz CT molecular complexity index is 980. The Hall–Kier alpha value is -3.66. The number of primary amides is 1. The van der Waals surface area contributed by atoms with Gasteiger partial charge in [0.1, 0.15) is 6.04 Å². The maximum Gasteiger partial charge on any atom is 0.339 e. The van der Waals surface area contributed by atoms with Gasteiger partial charge in [0, 0.05) is 12.1 Å². The van der Waals surface area contributed by atoms with E-state index in [2.05, 4.69) is 6.07 Å². The molecule has 3 rings (SSSR count). The molecule has 148 valence electrons. The van der Waals surface area contributed by atoms with Crippen LogP contribution in [0.25, 0.3) is 11.1 Å². The van der Waals surface area contributed by atoms with Gasteiger partial charge >= 0.3 is 5.97 Å². The molecule has 29 heavy (non-hydrogen) atoms. The number of ether oxygens (including phenoxy) is 1. The van der Waals surface area contributed by atoms with Crippen LogP contribution in [0.1, 0.15) is 35.2 Å². The molecule has 1 heterocycles. The van der Waals surface area contributed by atoms with Crippen molar-refractivity contribution in [3.8, 4) is 17.2 Å². The van der Waals surface area contributed by atoms with Gasteiger partial charge in [0.2, 0.25) is 5.91 Å².